The van der Waals surface area contributed by atoms with Crippen LogP contribution in [0.15, 0.2) is 38.8 Å². The Kier molecular flexibility index (Phi) is 8.00. The average molecular weight is 453 g/mol. The molecule has 0 saturated heterocycles. The van der Waals surface area contributed by atoms with Crippen molar-refractivity contribution >= 4 is 27.4 Å². The number of aromatic amines is 1. The molecule has 31 heavy (non-hydrogen) atoms. The second kappa shape index (κ2) is 10.3. The fraction of sp³-hybridized carbons (Fsp3) is 0.421. The van der Waals surface area contributed by atoms with E-state index < -0.39 is 21.3 Å². The first kappa shape index (κ1) is 24.2. The molecule has 11 nitrogen and oxygen atoms in total. The summed E-state index contributed by atoms with van der Waals surface area (Å²) >= 11 is 0. The number of nitrogen functional groups attached to an aromatic ring is 1. The first-order valence-electron chi connectivity index (χ1n) is 9.76. The highest BCUT2D eigenvalue weighted by Crippen LogP contribution is 2.15. The van der Waals surface area contributed by atoms with Gasteiger partial charge in [0.1, 0.15) is 11.5 Å². The second-order valence-corrected chi connectivity index (χ2v) is 8.70. The van der Waals surface area contributed by atoms with Crippen molar-refractivity contribution in [1.82, 2.24) is 14.9 Å². The number of likely N-dealkylation sites (N-methyl/N-ethyl adjacent to an activating group) is 1. The second-order valence-electron chi connectivity index (χ2n) is 7.14. The number of hydrogen-bond acceptors (Lipinski definition) is 7. The van der Waals surface area contributed by atoms with Gasteiger partial charge in [-0.1, -0.05) is 25.5 Å². The molecule has 1 amide bonds. The van der Waals surface area contributed by atoms with Crippen LogP contribution in [0.4, 0.5) is 11.5 Å². The van der Waals surface area contributed by atoms with Gasteiger partial charge in [-0.25, -0.2) is 18.4 Å². The molecule has 0 bridgehead atoms. The van der Waals surface area contributed by atoms with Gasteiger partial charge in [0.05, 0.1) is 11.4 Å². The summed E-state index contributed by atoms with van der Waals surface area (Å²) < 4.78 is 23.8. The van der Waals surface area contributed by atoms with E-state index >= 15 is 0 Å². The third kappa shape index (κ3) is 6.43. The number of anilines is 2. The molecule has 12 heteroatoms. The zero-order valence-corrected chi connectivity index (χ0v) is 18.4. The van der Waals surface area contributed by atoms with E-state index in [1.807, 2.05) is 6.92 Å². The van der Waals surface area contributed by atoms with Crippen molar-refractivity contribution in [3.05, 3.63) is 50.7 Å². The normalized spacial score (nSPS) is 11.3. The summed E-state index contributed by atoms with van der Waals surface area (Å²) in [7, 11) is -2.20. The van der Waals surface area contributed by atoms with Crippen molar-refractivity contribution < 1.29 is 13.2 Å². The number of rotatable bonds is 10. The smallest absolute Gasteiger partial charge is 0.330 e. The quantitative estimate of drug-likeness (QED) is 0.371. The van der Waals surface area contributed by atoms with Gasteiger partial charge in [-0.15, -0.1) is 0 Å². The van der Waals surface area contributed by atoms with Crippen molar-refractivity contribution in [2.45, 2.75) is 37.6 Å². The molecule has 0 fully saturated rings. The van der Waals surface area contributed by atoms with Crippen LogP contribution in [0.3, 0.4) is 0 Å². The summed E-state index contributed by atoms with van der Waals surface area (Å²) in [5, 5.41) is 7.79. The third-order valence-corrected chi connectivity index (χ3v) is 5.63. The van der Waals surface area contributed by atoms with Gasteiger partial charge >= 0.3 is 5.69 Å². The Bertz CT molecular complexity index is 1140. The number of H-pyrrole nitrogens is 1. The maximum Gasteiger partial charge on any atom is 0.330 e. The SMILES string of the molecule is CCCCn1c(N)c(N(C)CC(=O)NCCc2ccc(S(N)(=O)=O)cc2)c(=O)[nH]c1=O. The van der Waals surface area contributed by atoms with Crippen LogP contribution in [-0.4, -0.2) is 44.0 Å². The molecule has 0 aliphatic heterocycles. The fourth-order valence-electron chi connectivity index (χ4n) is 3.03. The van der Waals surface area contributed by atoms with Gasteiger partial charge in [-0.2, -0.15) is 0 Å². The van der Waals surface area contributed by atoms with Gasteiger partial charge < -0.3 is 16.0 Å². The molecule has 0 radical (unpaired) electrons. The Hall–Kier alpha value is -3.12. The van der Waals surface area contributed by atoms with E-state index in [1.54, 1.807) is 19.2 Å². The number of aromatic nitrogens is 2. The largest absolute Gasteiger partial charge is 0.383 e. The van der Waals surface area contributed by atoms with E-state index in [1.165, 1.54) is 21.6 Å². The Morgan fingerprint density at radius 3 is 2.45 bits per heavy atom. The van der Waals surface area contributed by atoms with Gasteiger partial charge in [0.25, 0.3) is 5.56 Å². The predicted molar refractivity (Wildman–Crippen MR) is 118 cm³/mol. The van der Waals surface area contributed by atoms with E-state index in [2.05, 4.69) is 10.3 Å². The van der Waals surface area contributed by atoms with E-state index in [-0.39, 0.29) is 28.9 Å². The van der Waals surface area contributed by atoms with Gasteiger partial charge in [-0.05, 0) is 30.5 Å². The standard InChI is InChI=1S/C19H28N6O5S/c1-3-4-11-25-17(20)16(18(27)23-19(25)28)24(2)12-15(26)22-10-9-13-5-7-14(8-6-13)31(21,29)30/h5-8H,3-4,9-12,20H2,1-2H3,(H,22,26)(H2,21,29,30)(H,23,27,28). The number of hydrogen-bond donors (Lipinski definition) is 4. The highest BCUT2D eigenvalue weighted by atomic mass is 32.2. The lowest BCUT2D eigenvalue weighted by atomic mass is 10.1. The summed E-state index contributed by atoms with van der Waals surface area (Å²) in [6.45, 7) is 2.51. The maximum absolute atomic E-state index is 12.3. The van der Waals surface area contributed by atoms with Crippen LogP contribution in [0, 0.1) is 0 Å². The Labute approximate surface area is 180 Å². The summed E-state index contributed by atoms with van der Waals surface area (Å²) in [5.74, 6) is -0.318. The lowest BCUT2D eigenvalue weighted by Gasteiger charge is -2.21. The lowest BCUT2D eigenvalue weighted by Crippen LogP contribution is -2.41. The van der Waals surface area contributed by atoms with Crippen molar-refractivity contribution in [2.75, 3.05) is 30.8 Å². The van der Waals surface area contributed by atoms with Crippen molar-refractivity contribution in [2.24, 2.45) is 5.14 Å². The highest BCUT2D eigenvalue weighted by Gasteiger charge is 2.18. The molecule has 1 aromatic carbocycles. The van der Waals surface area contributed by atoms with Crippen LogP contribution in [0.25, 0.3) is 0 Å². The molecule has 2 rings (SSSR count). The van der Waals surface area contributed by atoms with Crippen LogP contribution in [0.2, 0.25) is 0 Å². The van der Waals surface area contributed by atoms with E-state index in [9.17, 15) is 22.8 Å². The molecule has 1 aromatic heterocycles. The molecule has 170 valence electrons. The number of amides is 1. The van der Waals surface area contributed by atoms with E-state index in [0.717, 1.165) is 18.4 Å². The molecule has 0 aliphatic carbocycles. The van der Waals surface area contributed by atoms with Gasteiger partial charge in [0.15, 0.2) is 0 Å². The van der Waals surface area contributed by atoms with Gasteiger partial charge in [0.2, 0.25) is 15.9 Å². The van der Waals surface area contributed by atoms with E-state index in [4.69, 9.17) is 10.9 Å². The average Bonchev–Trinajstić information content (AvgIpc) is 2.67. The molecule has 0 unspecified atom stereocenters. The van der Waals surface area contributed by atoms with Crippen molar-refractivity contribution in [1.29, 1.82) is 0 Å². The summed E-state index contributed by atoms with van der Waals surface area (Å²) in [5.41, 5.74) is 5.69. The number of benzene rings is 1. The summed E-state index contributed by atoms with van der Waals surface area (Å²) in [6.07, 6.45) is 2.05. The number of nitrogens with two attached hydrogens (primary N) is 2. The minimum Gasteiger partial charge on any atom is -0.383 e. The Balaban J connectivity index is 1.98. The minimum atomic E-state index is -3.75. The number of carbonyl (C=O) groups is 1. The van der Waals surface area contributed by atoms with Crippen molar-refractivity contribution in [3.63, 3.8) is 0 Å². The van der Waals surface area contributed by atoms with Crippen LogP contribution in [-0.2, 0) is 27.8 Å². The number of carbonyl (C=O) groups excluding carboxylic acids is 1. The molecular weight excluding hydrogens is 424 g/mol. The Morgan fingerprint density at radius 2 is 1.87 bits per heavy atom. The van der Waals surface area contributed by atoms with Crippen LogP contribution < -0.4 is 32.3 Å². The molecule has 0 atom stereocenters. The monoisotopic (exact) mass is 452 g/mol. The molecule has 6 N–H and O–H groups in total. The zero-order valence-electron chi connectivity index (χ0n) is 17.6. The number of primary sulfonamides is 1. The zero-order chi connectivity index (χ0) is 23.2. The topological polar surface area (TPSA) is 173 Å². The molecular formula is C19H28N6O5S. The third-order valence-electron chi connectivity index (χ3n) is 4.70. The number of unbranched alkanes of at least 4 members (excludes halogenated alkanes) is 1. The van der Waals surface area contributed by atoms with Gasteiger partial charge in [-0.3, -0.25) is 19.1 Å². The van der Waals surface area contributed by atoms with Crippen LogP contribution in [0.5, 0.6) is 0 Å². The summed E-state index contributed by atoms with van der Waals surface area (Å²) in [4.78, 5) is 40.2. The highest BCUT2D eigenvalue weighted by molar-refractivity contribution is 7.89. The van der Waals surface area contributed by atoms with Crippen molar-refractivity contribution in [3.8, 4) is 0 Å². The Morgan fingerprint density at radius 1 is 1.23 bits per heavy atom. The number of nitrogens with zero attached hydrogens (tertiary/aromatic N) is 2. The number of sulfonamides is 1. The molecule has 0 aliphatic rings. The molecule has 0 saturated carbocycles. The fourth-order valence-corrected chi connectivity index (χ4v) is 3.54. The number of nitrogens with one attached hydrogen (secondary N) is 2. The molecule has 1 heterocycles. The maximum atomic E-state index is 12.3. The minimum absolute atomic E-state index is 0.0185. The van der Waals surface area contributed by atoms with E-state index in [0.29, 0.717) is 19.5 Å². The predicted octanol–water partition coefficient (Wildman–Crippen LogP) is -0.639. The molecule has 2 aromatic rings. The van der Waals surface area contributed by atoms with Crippen LogP contribution >= 0.6 is 0 Å². The first-order valence-corrected chi connectivity index (χ1v) is 11.3. The summed E-state index contributed by atoms with van der Waals surface area (Å²) in [6, 6.07) is 6.06. The van der Waals surface area contributed by atoms with Crippen LogP contribution in [0.1, 0.15) is 25.3 Å². The first-order chi connectivity index (χ1) is 14.5. The molecule has 0 spiro atoms. The van der Waals surface area contributed by atoms with Gasteiger partial charge in [0, 0.05) is 20.1 Å². The lowest BCUT2D eigenvalue weighted by molar-refractivity contribution is -0.119.